The molecule has 12 nitrogen and oxygen atoms in total. The summed E-state index contributed by atoms with van der Waals surface area (Å²) in [5, 5.41) is 8.05. The summed E-state index contributed by atoms with van der Waals surface area (Å²) in [6.45, 7) is 3.85. The molecule has 1 aliphatic heterocycles. The summed E-state index contributed by atoms with van der Waals surface area (Å²) in [4.78, 5) is 22.1. The van der Waals surface area contributed by atoms with Crippen LogP contribution >= 0.6 is 34.0 Å². The fraction of sp³-hybridized carbons (Fsp3) is 0.778. The maximum absolute atomic E-state index is 11.8. The highest BCUT2D eigenvalue weighted by molar-refractivity contribution is 8.27. The minimum atomic E-state index is -3.56. The van der Waals surface area contributed by atoms with Gasteiger partial charge in [0.2, 0.25) is 0 Å². The van der Waals surface area contributed by atoms with Crippen molar-refractivity contribution < 1.29 is 52.2 Å². The molecule has 0 aliphatic carbocycles. The third kappa shape index (κ3) is 12.5. The second-order valence-electron chi connectivity index (χ2n) is 6.33. The summed E-state index contributed by atoms with van der Waals surface area (Å²) < 4.78 is 51.7. The van der Waals surface area contributed by atoms with E-state index in [2.05, 4.69) is 0 Å². The van der Waals surface area contributed by atoms with Gasteiger partial charge in [-0.25, -0.2) is 4.31 Å². The average Bonchev–Trinajstić information content (AvgIpc) is 2.91. The summed E-state index contributed by atoms with van der Waals surface area (Å²) in [6, 6.07) is 0. The van der Waals surface area contributed by atoms with Crippen molar-refractivity contribution in [1.29, 1.82) is 0 Å². The Hall–Kier alpha value is -0.710. The van der Waals surface area contributed by atoms with Gasteiger partial charge in [-0.3, -0.25) is 18.7 Å². The first kappa shape index (κ1) is 30.3. The topological polar surface area (TPSA) is 153 Å². The SMILES string of the molecule is O=C(O)CCOCCOCCOCCOCCOCCOCCN1C(=O)C(Cl)=C(Cl)S1(O)O. The zero-order valence-corrected chi connectivity index (χ0v) is 20.4. The van der Waals surface area contributed by atoms with Crippen molar-refractivity contribution >= 4 is 45.9 Å². The Labute approximate surface area is 204 Å². The molecule has 3 N–H and O–H groups in total. The standard InChI is InChI=1S/C18H31Cl2NO11S/c19-16-17(20)33(25,26)21(18(16)24)2-4-28-6-8-30-10-12-32-14-13-31-11-9-29-7-5-27-3-1-15(22)23/h25-26H,1-14H2,(H,22,23). The number of ether oxygens (including phenoxy) is 6. The predicted octanol–water partition coefficient (Wildman–Crippen LogP) is 1.72. The maximum Gasteiger partial charge on any atom is 0.305 e. The second-order valence-corrected chi connectivity index (χ2v) is 9.20. The molecule has 33 heavy (non-hydrogen) atoms. The monoisotopic (exact) mass is 539 g/mol. The summed E-state index contributed by atoms with van der Waals surface area (Å²) in [5.41, 5.74) is 0. The van der Waals surface area contributed by atoms with Crippen LogP contribution in [0.5, 0.6) is 0 Å². The number of amides is 1. The molecule has 0 aromatic carbocycles. The van der Waals surface area contributed by atoms with Gasteiger partial charge in [0.1, 0.15) is 5.03 Å². The van der Waals surface area contributed by atoms with Crippen molar-refractivity contribution in [3.05, 3.63) is 9.40 Å². The Kier molecular flexibility index (Phi) is 16.2. The summed E-state index contributed by atoms with van der Waals surface area (Å²) >= 11 is 11.3. The molecule has 15 heteroatoms. The van der Waals surface area contributed by atoms with Gasteiger partial charge in [-0.1, -0.05) is 34.0 Å². The Morgan fingerprint density at radius 1 is 0.727 bits per heavy atom. The zero-order chi connectivity index (χ0) is 24.5. The van der Waals surface area contributed by atoms with E-state index in [1.807, 2.05) is 0 Å². The minimum absolute atomic E-state index is 0.0216. The molecular weight excluding hydrogens is 509 g/mol. The van der Waals surface area contributed by atoms with E-state index >= 15 is 0 Å². The number of aliphatic carboxylic acids is 1. The van der Waals surface area contributed by atoms with Gasteiger partial charge in [-0.15, -0.1) is 0 Å². The number of carbonyl (C=O) groups is 2. The molecule has 0 unspecified atom stereocenters. The lowest BCUT2D eigenvalue weighted by molar-refractivity contribution is -0.138. The lowest BCUT2D eigenvalue weighted by Crippen LogP contribution is -2.32. The van der Waals surface area contributed by atoms with Crippen molar-refractivity contribution in [3.63, 3.8) is 0 Å². The highest BCUT2D eigenvalue weighted by atomic mass is 35.5. The van der Waals surface area contributed by atoms with Gasteiger partial charge in [0.05, 0.1) is 92.2 Å². The van der Waals surface area contributed by atoms with Crippen LogP contribution in [-0.4, -0.2) is 116 Å². The Bertz CT molecular complexity index is 624. The van der Waals surface area contributed by atoms with E-state index in [0.717, 1.165) is 4.31 Å². The van der Waals surface area contributed by atoms with Crippen LogP contribution in [0.25, 0.3) is 0 Å². The number of carboxylic acids is 1. The molecule has 0 aromatic rings. The van der Waals surface area contributed by atoms with Gasteiger partial charge in [0, 0.05) is 0 Å². The van der Waals surface area contributed by atoms with Crippen LogP contribution in [0.15, 0.2) is 9.40 Å². The van der Waals surface area contributed by atoms with Gasteiger partial charge in [0.15, 0.2) is 4.36 Å². The minimum Gasteiger partial charge on any atom is -0.481 e. The van der Waals surface area contributed by atoms with Gasteiger partial charge in [-0.05, 0) is 0 Å². The van der Waals surface area contributed by atoms with Crippen LogP contribution in [-0.2, 0) is 38.0 Å². The molecule has 0 fully saturated rings. The molecule has 1 heterocycles. The van der Waals surface area contributed by atoms with E-state index in [4.69, 9.17) is 56.7 Å². The molecule has 1 amide bonds. The lowest BCUT2D eigenvalue weighted by Gasteiger charge is -2.36. The highest BCUT2D eigenvalue weighted by Crippen LogP contribution is 2.59. The molecule has 0 atom stereocenters. The van der Waals surface area contributed by atoms with Gasteiger partial charge < -0.3 is 33.5 Å². The summed E-state index contributed by atoms with van der Waals surface area (Å²) in [5.74, 6) is -1.63. The molecule has 0 saturated carbocycles. The maximum atomic E-state index is 11.8. The number of hydrogen-bond acceptors (Lipinski definition) is 10. The number of nitrogens with zero attached hydrogens (tertiary/aromatic N) is 1. The summed E-state index contributed by atoms with van der Waals surface area (Å²) in [7, 11) is -3.56. The first-order valence-corrected chi connectivity index (χ1v) is 12.4. The van der Waals surface area contributed by atoms with Crippen LogP contribution in [0.2, 0.25) is 0 Å². The molecule has 0 spiro atoms. The fourth-order valence-electron chi connectivity index (χ4n) is 2.26. The van der Waals surface area contributed by atoms with Crippen molar-refractivity contribution in [2.24, 2.45) is 0 Å². The molecule has 0 bridgehead atoms. The second kappa shape index (κ2) is 17.7. The van der Waals surface area contributed by atoms with Crippen molar-refractivity contribution in [2.75, 3.05) is 85.8 Å². The average molecular weight is 540 g/mol. The molecule has 194 valence electrons. The third-order valence-corrected chi connectivity index (χ3v) is 6.91. The molecule has 0 aromatic heterocycles. The van der Waals surface area contributed by atoms with E-state index < -0.39 is 32.0 Å². The van der Waals surface area contributed by atoms with Crippen LogP contribution in [0.3, 0.4) is 0 Å². The van der Waals surface area contributed by atoms with E-state index in [1.54, 1.807) is 0 Å². The van der Waals surface area contributed by atoms with Crippen LogP contribution in [0.1, 0.15) is 6.42 Å². The number of carbonyl (C=O) groups excluding carboxylic acids is 1. The lowest BCUT2D eigenvalue weighted by atomic mass is 10.5. The molecule has 1 rings (SSSR count). The number of hydrogen-bond donors (Lipinski definition) is 3. The predicted molar refractivity (Wildman–Crippen MR) is 120 cm³/mol. The fourth-order valence-corrected chi connectivity index (χ4v) is 4.23. The zero-order valence-electron chi connectivity index (χ0n) is 18.1. The highest BCUT2D eigenvalue weighted by Gasteiger charge is 2.42. The number of halogens is 2. The first-order valence-electron chi connectivity index (χ1n) is 10.1. The normalized spacial score (nSPS) is 16.6. The van der Waals surface area contributed by atoms with E-state index in [0.29, 0.717) is 59.5 Å². The van der Waals surface area contributed by atoms with Crippen LogP contribution in [0.4, 0.5) is 0 Å². The Morgan fingerprint density at radius 3 is 1.42 bits per heavy atom. The van der Waals surface area contributed by atoms with Crippen molar-refractivity contribution in [3.8, 4) is 0 Å². The molecule has 1 aliphatic rings. The van der Waals surface area contributed by atoms with Crippen molar-refractivity contribution in [1.82, 2.24) is 4.31 Å². The largest absolute Gasteiger partial charge is 0.481 e. The van der Waals surface area contributed by atoms with Crippen LogP contribution < -0.4 is 0 Å². The number of rotatable bonds is 21. The van der Waals surface area contributed by atoms with E-state index in [9.17, 15) is 18.7 Å². The smallest absolute Gasteiger partial charge is 0.305 e. The Morgan fingerprint density at radius 2 is 1.09 bits per heavy atom. The van der Waals surface area contributed by atoms with Crippen LogP contribution in [0, 0.1) is 0 Å². The quantitative estimate of drug-likeness (QED) is 0.182. The third-order valence-electron chi connectivity index (χ3n) is 3.89. The van der Waals surface area contributed by atoms with Gasteiger partial charge >= 0.3 is 5.97 Å². The van der Waals surface area contributed by atoms with Gasteiger partial charge in [0.25, 0.3) is 5.91 Å². The molecule has 0 radical (unpaired) electrons. The van der Waals surface area contributed by atoms with E-state index in [-0.39, 0.29) is 32.8 Å². The van der Waals surface area contributed by atoms with Crippen molar-refractivity contribution in [2.45, 2.75) is 6.42 Å². The summed E-state index contributed by atoms with van der Waals surface area (Å²) in [6.07, 6.45) is -0.0216. The molecule has 0 saturated heterocycles. The molecular formula is C18H31Cl2NO11S. The number of carboxylic acid groups (broad SMARTS) is 1. The van der Waals surface area contributed by atoms with E-state index in [1.165, 1.54) is 0 Å². The first-order chi connectivity index (χ1) is 15.8. The van der Waals surface area contributed by atoms with Gasteiger partial charge in [-0.2, -0.15) is 0 Å². The Balaban J connectivity index is 1.80.